The van der Waals surface area contributed by atoms with Crippen molar-refractivity contribution in [2.45, 2.75) is 62.2 Å². The number of aliphatic hydroxyl groups excluding tert-OH is 1. The van der Waals surface area contributed by atoms with E-state index < -0.39 is 0 Å². The van der Waals surface area contributed by atoms with Gasteiger partial charge in [-0.3, -0.25) is 13.9 Å². The molecule has 1 N–H and O–H groups in total. The molecule has 6 nitrogen and oxygen atoms in total. The Kier molecular flexibility index (Phi) is 10.8. The molecular formula is C21H29BrN2O4S. The summed E-state index contributed by atoms with van der Waals surface area (Å²) in [6, 6.07) is 9.63. The van der Waals surface area contributed by atoms with Gasteiger partial charge in [-0.25, -0.2) is 4.79 Å². The standard InChI is InChI=1S/C21H29BrN2O4S/c1-17-19(26)23(13-9-4-2-3-8-12-22)21(27)24(16-28-15-14-25)20(17)29-18-10-6-5-7-11-18/h5-7,10-11,25H,2-4,8-9,12-16H2,1H3. The number of nitrogens with zero attached hydrogens (tertiary/aromatic N) is 2. The van der Waals surface area contributed by atoms with Crippen molar-refractivity contribution < 1.29 is 9.84 Å². The summed E-state index contributed by atoms with van der Waals surface area (Å²) in [7, 11) is 0. The summed E-state index contributed by atoms with van der Waals surface area (Å²) in [5.41, 5.74) is -0.0740. The third-order valence-corrected chi connectivity index (χ3v) is 6.31. The van der Waals surface area contributed by atoms with E-state index in [0.29, 0.717) is 17.1 Å². The van der Waals surface area contributed by atoms with Crippen molar-refractivity contribution in [1.29, 1.82) is 0 Å². The summed E-state index contributed by atoms with van der Waals surface area (Å²) in [6.45, 7) is 2.17. The minimum atomic E-state index is -0.363. The average Bonchev–Trinajstić information content (AvgIpc) is 2.73. The van der Waals surface area contributed by atoms with Crippen molar-refractivity contribution >= 4 is 27.7 Å². The van der Waals surface area contributed by atoms with Gasteiger partial charge in [0.15, 0.2) is 0 Å². The van der Waals surface area contributed by atoms with Crippen molar-refractivity contribution in [2.24, 2.45) is 0 Å². The Morgan fingerprint density at radius 1 is 1.03 bits per heavy atom. The maximum atomic E-state index is 13.1. The fourth-order valence-electron chi connectivity index (χ4n) is 2.97. The highest BCUT2D eigenvalue weighted by Crippen LogP contribution is 2.28. The second-order valence-electron chi connectivity index (χ2n) is 6.73. The monoisotopic (exact) mass is 484 g/mol. The topological polar surface area (TPSA) is 73.5 Å². The molecule has 1 aromatic carbocycles. The van der Waals surface area contributed by atoms with Crippen LogP contribution in [0.15, 0.2) is 49.8 Å². The molecular weight excluding hydrogens is 456 g/mol. The number of aromatic nitrogens is 2. The number of alkyl halides is 1. The fourth-order valence-corrected chi connectivity index (χ4v) is 4.37. The van der Waals surface area contributed by atoms with Gasteiger partial charge in [-0.15, -0.1) is 0 Å². The van der Waals surface area contributed by atoms with Gasteiger partial charge in [0.2, 0.25) is 0 Å². The Morgan fingerprint density at radius 2 is 1.72 bits per heavy atom. The summed E-state index contributed by atoms with van der Waals surface area (Å²) >= 11 is 4.80. The molecule has 0 aliphatic heterocycles. The van der Waals surface area contributed by atoms with Gasteiger partial charge < -0.3 is 9.84 Å². The number of halogens is 1. The number of hydrogen-bond donors (Lipinski definition) is 1. The maximum absolute atomic E-state index is 13.1. The van der Waals surface area contributed by atoms with E-state index in [9.17, 15) is 9.59 Å². The van der Waals surface area contributed by atoms with Crippen LogP contribution in [0.2, 0.25) is 0 Å². The predicted molar refractivity (Wildman–Crippen MR) is 120 cm³/mol. The van der Waals surface area contributed by atoms with Gasteiger partial charge in [0.05, 0.1) is 18.2 Å². The summed E-state index contributed by atoms with van der Waals surface area (Å²) in [6.07, 6.45) is 5.15. The number of unbranched alkanes of at least 4 members (excludes halogenated alkanes) is 4. The second kappa shape index (κ2) is 13.1. The Labute approximate surface area is 184 Å². The number of rotatable bonds is 13. The van der Waals surface area contributed by atoms with Crippen LogP contribution in [0.4, 0.5) is 0 Å². The van der Waals surface area contributed by atoms with Crippen molar-refractivity contribution in [1.82, 2.24) is 9.13 Å². The lowest BCUT2D eigenvalue weighted by molar-refractivity contribution is 0.0402. The highest BCUT2D eigenvalue weighted by Gasteiger charge is 2.17. The molecule has 8 heteroatoms. The zero-order valence-corrected chi connectivity index (χ0v) is 19.2. The van der Waals surface area contributed by atoms with Gasteiger partial charge in [-0.1, -0.05) is 65.2 Å². The second-order valence-corrected chi connectivity index (χ2v) is 8.59. The normalized spacial score (nSPS) is 11.1. The highest BCUT2D eigenvalue weighted by molar-refractivity contribution is 9.09. The third-order valence-electron chi connectivity index (χ3n) is 4.52. The number of hydrogen-bond acceptors (Lipinski definition) is 5. The lowest BCUT2D eigenvalue weighted by Crippen LogP contribution is -2.42. The van der Waals surface area contributed by atoms with Crippen molar-refractivity contribution in [2.75, 3.05) is 18.5 Å². The zero-order valence-electron chi connectivity index (χ0n) is 16.8. The fraction of sp³-hybridized carbons (Fsp3) is 0.524. The Bertz CT molecular complexity index is 867. The van der Waals surface area contributed by atoms with Gasteiger partial charge >= 0.3 is 5.69 Å². The van der Waals surface area contributed by atoms with Crippen LogP contribution in [0.25, 0.3) is 0 Å². The molecule has 1 heterocycles. The molecule has 160 valence electrons. The zero-order chi connectivity index (χ0) is 21.1. The van der Waals surface area contributed by atoms with Gasteiger partial charge in [-0.2, -0.15) is 0 Å². The largest absolute Gasteiger partial charge is 0.394 e. The third kappa shape index (κ3) is 7.13. The first-order chi connectivity index (χ1) is 14.1. The first kappa shape index (κ1) is 23.9. The summed E-state index contributed by atoms with van der Waals surface area (Å²) in [4.78, 5) is 26.9. The van der Waals surface area contributed by atoms with E-state index >= 15 is 0 Å². The minimum Gasteiger partial charge on any atom is -0.394 e. The predicted octanol–water partition coefficient (Wildman–Crippen LogP) is 3.78. The SMILES string of the molecule is Cc1c(Sc2ccccc2)n(COCCO)c(=O)n(CCCCCCCBr)c1=O. The molecule has 2 rings (SSSR count). The Morgan fingerprint density at radius 3 is 2.41 bits per heavy atom. The van der Waals surface area contributed by atoms with Crippen LogP contribution in [-0.4, -0.2) is 32.8 Å². The van der Waals surface area contributed by atoms with E-state index in [1.54, 1.807) is 6.92 Å². The molecule has 0 unspecified atom stereocenters. The van der Waals surface area contributed by atoms with Crippen LogP contribution in [0.5, 0.6) is 0 Å². The highest BCUT2D eigenvalue weighted by atomic mass is 79.9. The molecule has 29 heavy (non-hydrogen) atoms. The van der Waals surface area contributed by atoms with Crippen molar-refractivity contribution in [3.05, 3.63) is 56.7 Å². The Balaban J connectivity index is 2.28. The first-order valence-electron chi connectivity index (χ1n) is 9.91. The van der Waals surface area contributed by atoms with Crippen LogP contribution < -0.4 is 11.2 Å². The summed E-state index contributed by atoms with van der Waals surface area (Å²) in [5.74, 6) is 0. The molecule has 0 radical (unpaired) electrons. The molecule has 2 aromatic rings. The van der Waals surface area contributed by atoms with Gasteiger partial charge in [0, 0.05) is 22.3 Å². The van der Waals surface area contributed by atoms with Gasteiger partial charge in [0.1, 0.15) is 6.73 Å². The van der Waals surface area contributed by atoms with Crippen LogP contribution in [-0.2, 0) is 18.0 Å². The van der Waals surface area contributed by atoms with Crippen LogP contribution in [0, 0.1) is 6.92 Å². The molecule has 0 fully saturated rings. The molecule has 0 amide bonds. The summed E-state index contributed by atoms with van der Waals surface area (Å²) in [5, 5.41) is 10.6. The maximum Gasteiger partial charge on any atom is 0.333 e. The smallest absolute Gasteiger partial charge is 0.333 e. The number of benzene rings is 1. The lowest BCUT2D eigenvalue weighted by atomic mass is 10.1. The minimum absolute atomic E-state index is 0.000923. The lowest BCUT2D eigenvalue weighted by Gasteiger charge is -2.17. The van der Waals surface area contributed by atoms with E-state index in [4.69, 9.17) is 9.84 Å². The van der Waals surface area contributed by atoms with Crippen LogP contribution >= 0.6 is 27.7 Å². The number of aliphatic hydroxyl groups is 1. The molecule has 0 aliphatic carbocycles. The van der Waals surface area contributed by atoms with Gasteiger partial charge in [-0.05, 0) is 31.9 Å². The molecule has 0 spiro atoms. The van der Waals surface area contributed by atoms with E-state index in [0.717, 1.165) is 42.3 Å². The average molecular weight is 485 g/mol. The molecule has 0 bridgehead atoms. The molecule has 0 atom stereocenters. The van der Waals surface area contributed by atoms with Crippen LogP contribution in [0.3, 0.4) is 0 Å². The van der Waals surface area contributed by atoms with Crippen LogP contribution in [0.1, 0.15) is 37.7 Å². The van der Waals surface area contributed by atoms with Crippen molar-refractivity contribution in [3.63, 3.8) is 0 Å². The van der Waals surface area contributed by atoms with E-state index in [2.05, 4.69) is 15.9 Å². The van der Waals surface area contributed by atoms with E-state index in [1.165, 1.54) is 20.9 Å². The van der Waals surface area contributed by atoms with E-state index in [1.807, 2.05) is 30.3 Å². The van der Waals surface area contributed by atoms with E-state index in [-0.39, 0.29) is 31.2 Å². The molecule has 1 aromatic heterocycles. The first-order valence-corrected chi connectivity index (χ1v) is 11.9. The van der Waals surface area contributed by atoms with Crippen molar-refractivity contribution in [3.8, 4) is 0 Å². The molecule has 0 saturated carbocycles. The quantitative estimate of drug-likeness (QED) is 0.266. The van der Waals surface area contributed by atoms with Gasteiger partial charge in [0.25, 0.3) is 5.56 Å². The molecule has 0 saturated heterocycles. The Hall–Kier alpha value is -1.35. The molecule has 0 aliphatic rings. The number of ether oxygens (including phenoxy) is 1. The summed E-state index contributed by atoms with van der Waals surface area (Å²) < 4.78 is 8.24.